The zero-order valence-electron chi connectivity index (χ0n) is 19.3. The van der Waals surface area contributed by atoms with Crippen LogP contribution in [0.4, 0.5) is 5.69 Å². The van der Waals surface area contributed by atoms with Crippen molar-refractivity contribution in [2.24, 2.45) is 0 Å². The molecule has 0 aliphatic heterocycles. The Morgan fingerprint density at radius 3 is 2.32 bits per heavy atom. The van der Waals surface area contributed by atoms with Gasteiger partial charge in [0.1, 0.15) is 5.75 Å². The van der Waals surface area contributed by atoms with E-state index in [1.54, 1.807) is 49.4 Å². The predicted molar refractivity (Wildman–Crippen MR) is 129 cm³/mol. The fourth-order valence-corrected chi connectivity index (χ4v) is 3.32. The Morgan fingerprint density at radius 1 is 0.971 bits per heavy atom. The maximum Gasteiger partial charge on any atom is 0.333 e. The van der Waals surface area contributed by atoms with Crippen LogP contribution in [-0.4, -0.2) is 30.9 Å². The average Bonchev–Trinajstić information content (AvgIpc) is 2.85. The number of anilines is 1. The van der Waals surface area contributed by atoms with Gasteiger partial charge < -0.3 is 24.6 Å². The molecule has 1 atom stereocenters. The van der Waals surface area contributed by atoms with Crippen LogP contribution in [0.25, 0.3) is 0 Å². The first-order valence-electron chi connectivity index (χ1n) is 11.1. The van der Waals surface area contributed by atoms with E-state index in [0.29, 0.717) is 54.6 Å². The lowest BCUT2D eigenvalue weighted by atomic mass is 9.91. The summed E-state index contributed by atoms with van der Waals surface area (Å²) in [6, 6.07) is 23.4. The molecule has 0 aliphatic rings. The minimum absolute atomic E-state index is 0.407. The average molecular weight is 461 g/mol. The van der Waals surface area contributed by atoms with E-state index in [0.717, 1.165) is 5.75 Å². The lowest BCUT2D eigenvalue weighted by molar-refractivity contribution is -0.142. The third-order valence-electron chi connectivity index (χ3n) is 5.22. The largest absolute Gasteiger partial charge is 0.493 e. The van der Waals surface area contributed by atoms with E-state index in [4.69, 9.17) is 19.5 Å². The third kappa shape index (κ3) is 6.20. The Labute approximate surface area is 199 Å². The number of para-hydroxylation sites is 1. The van der Waals surface area contributed by atoms with Gasteiger partial charge in [0.15, 0.2) is 17.0 Å². The molecule has 3 aromatic rings. The molecule has 0 heterocycles. The van der Waals surface area contributed by atoms with Crippen LogP contribution in [0, 0.1) is 11.3 Å². The van der Waals surface area contributed by atoms with Gasteiger partial charge in [-0.25, -0.2) is 4.79 Å². The first-order valence-corrected chi connectivity index (χ1v) is 11.1. The van der Waals surface area contributed by atoms with Crippen LogP contribution in [0.5, 0.6) is 17.2 Å². The van der Waals surface area contributed by atoms with Gasteiger partial charge in [-0.15, -0.1) is 0 Å². The Kier molecular flexibility index (Phi) is 8.36. The van der Waals surface area contributed by atoms with Crippen LogP contribution in [0.15, 0.2) is 72.8 Å². The predicted octanol–water partition coefficient (Wildman–Crippen LogP) is 5.22. The van der Waals surface area contributed by atoms with Crippen molar-refractivity contribution in [3.63, 3.8) is 0 Å². The molecule has 7 nitrogen and oxygen atoms in total. The molecule has 176 valence electrons. The van der Waals surface area contributed by atoms with Gasteiger partial charge in [0.25, 0.3) is 0 Å². The molecule has 3 rings (SSSR count). The summed E-state index contributed by atoms with van der Waals surface area (Å²) >= 11 is 0. The van der Waals surface area contributed by atoms with E-state index in [1.165, 1.54) is 0 Å². The van der Waals surface area contributed by atoms with Crippen LogP contribution in [0.2, 0.25) is 0 Å². The van der Waals surface area contributed by atoms with E-state index < -0.39 is 11.5 Å². The van der Waals surface area contributed by atoms with Crippen molar-refractivity contribution in [2.75, 3.05) is 25.1 Å². The number of hydrogen-bond donors (Lipinski definition) is 2. The maximum absolute atomic E-state index is 12.3. The summed E-state index contributed by atoms with van der Waals surface area (Å²) in [6.07, 6.45) is 0.676. The lowest BCUT2D eigenvalue weighted by Crippen LogP contribution is -2.40. The fourth-order valence-electron chi connectivity index (χ4n) is 3.32. The third-order valence-corrected chi connectivity index (χ3v) is 5.22. The van der Waals surface area contributed by atoms with Crippen molar-refractivity contribution in [2.45, 2.75) is 25.8 Å². The van der Waals surface area contributed by atoms with Gasteiger partial charge in [0, 0.05) is 12.1 Å². The quantitative estimate of drug-likeness (QED) is 0.358. The summed E-state index contributed by atoms with van der Waals surface area (Å²) in [4.78, 5) is 12.3. The van der Waals surface area contributed by atoms with Gasteiger partial charge in [-0.2, -0.15) is 5.26 Å². The molecule has 0 radical (unpaired) electrons. The monoisotopic (exact) mass is 460 g/mol. The maximum atomic E-state index is 12.3. The molecule has 0 bridgehead atoms. The number of nitriles is 1. The van der Waals surface area contributed by atoms with Crippen molar-refractivity contribution >= 4 is 11.7 Å². The molecule has 0 saturated heterocycles. The number of benzene rings is 3. The second kappa shape index (κ2) is 11.6. The number of nitrogens with zero attached hydrogens (tertiary/aromatic N) is 1. The Balaban J connectivity index is 1.70. The molecular formula is C27H28N2O5. The SMILES string of the molecule is CCOc1cc(C(C)(Nc2ccc(C#N)cc2)C(=O)O)ccc1OCCCOc1ccccc1. The molecule has 0 fully saturated rings. The zero-order valence-corrected chi connectivity index (χ0v) is 19.3. The molecule has 3 aromatic carbocycles. The Bertz CT molecular complexity index is 1130. The number of carbonyl (C=O) groups is 1. The van der Waals surface area contributed by atoms with Gasteiger partial charge in [-0.05, 0) is 67.9 Å². The summed E-state index contributed by atoms with van der Waals surface area (Å²) in [7, 11) is 0. The van der Waals surface area contributed by atoms with E-state index in [9.17, 15) is 9.90 Å². The van der Waals surface area contributed by atoms with E-state index in [1.807, 2.05) is 43.3 Å². The van der Waals surface area contributed by atoms with Crippen molar-refractivity contribution in [1.29, 1.82) is 5.26 Å². The van der Waals surface area contributed by atoms with Crippen molar-refractivity contribution in [3.8, 4) is 23.3 Å². The molecule has 0 saturated carbocycles. The lowest BCUT2D eigenvalue weighted by Gasteiger charge is -2.29. The summed E-state index contributed by atoms with van der Waals surface area (Å²) in [6.45, 7) is 4.78. The van der Waals surface area contributed by atoms with Gasteiger partial charge in [0.2, 0.25) is 0 Å². The minimum atomic E-state index is -1.43. The highest BCUT2D eigenvalue weighted by atomic mass is 16.5. The second-order valence-electron chi connectivity index (χ2n) is 7.70. The van der Waals surface area contributed by atoms with Gasteiger partial charge in [0.05, 0.1) is 31.5 Å². The number of carboxylic acids is 1. The van der Waals surface area contributed by atoms with Crippen LogP contribution in [0.1, 0.15) is 31.4 Å². The van der Waals surface area contributed by atoms with Crippen molar-refractivity contribution < 1.29 is 24.1 Å². The van der Waals surface area contributed by atoms with Crippen molar-refractivity contribution in [1.82, 2.24) is 0 Å². The van der Waals surface area contributed by atoms with Crippen molar-refractivity contribution in [3.05, 3.63) is 83.9 Å². The number of rotatable bonds is 12. The van der Waals surface area contributed by atoms with E-state index in [2.05, 4.69) is 5.32 Å². The summed E-state index contributed by atoms with van der Waals surface area (Å²) in [5.74, 6) is 0.769. The molecule has 2 N–H and O–H groups in total. The first-order chi connectivity index (χ1) is 16.5. The van der Waals surface area contributed by atoms with Gasteiger partial charge >= 0.3 is 5.97 Å². The first kappa shape index (κ1) is 24.5. The normalized spacial score (nSPS) is 12.1. The summed E-state index contributed by atoms with van der Waals surface area (Å²) in [5, 5.41) is 22.1. The summed E-state index contributed by atoms with van der Waals surface area (Å²) < 4.78 is 17.3. The molecule has 0 spiro atoms. The highest BCUT2D eigenvalue weighted by Gasteiger charge is 2.36. The Morgan fingerprint density at radius 2 is 1.68 bits per heavy atom. The smallest absolute Gasteiger partial charge is 0.333 e. The standard InChI is InChI=1S/C27H28N2O5/c1-3-32-25-18-21(27(2,26(30)31)29-22-13-10-20(19-28)11-14-22)12-15-24(25)34-17-7-16-33-23-8-5-4-6-9-23/h4-6,8-15,18,29H,3,7,16-17H2,1-2H3,(H,30,31). The number of ether oxygens (including phenoxy) is 3. The molecule has 34 heavy (non-hydrogen) atoms. The zero-order chi connectivity index (χ0) is 24.4. The minimum Gasteiger partial charge on any atom is -0.493 e. The molecule has 0 aromatic heterocycles. The number of nitrogens with one attached hydrogen (secondary N) is 1. The van der Waals surface area contributed by atoms with Crippen LogP contribution >= 0.6 is 0 Å². The van der Waals surface area contributed by atoms with E-state index >= 15 is 0 Å². The molecule has 1 unspecified atom stereocenters. The topological polar surface area (TPSA) is 101 Å². The molecule has 0 aliphatic carbocycles. The van der Waals surface area contributed by atoms with Gasteiger partial charge in [-0.1, -0.05) is 24.3 Å². The fraction of sp³-hybridized carbons (Fsp3) is 0.259. The van der Waals surface area contributed by atoms with Gasteiger partial charge in [-0.3, -0.25) is 0 Å². The Hall–Kier alpha value is -4.18. The molecular weight excluding hydrogens is 432 g/mol. The number of carboxylic acid groups (broad SMARTS) is 1. The van der Waals surface area contributed by atoms with E-state index in [-0.39, 0.29) is 0 Å². The number of aliphatic carboxylic acids is 1. The highest BCUT2D eigenvalue weighted by molar-refractivity contribution is 5.84. The molecule has 7 heteroatoms. The second-order valence-corrected chi connectivity index (χ2v) is 7.70. The van der Waals surface area contributed by atoms with Crippen LogP contribution < -0.4 is 19.5 Å². The summed E-state index contributed by atoms with van der Waals surface area (Å²) in [5.41, 5.74) is 0.160. The van der Waals surface area contributed by atoms with Crippen LogP contribution in [-0.2, 0) is 10.3 Å². The highest BCUT2D eigenvalue weighted by Crippen LogP contribution is 2.35. The number of hydrogen-bond acceptors (Lipinski definition) is 6. The molecule has 0 amide bonds. The van der Waals surface area contributed by atoms with Crippen LogP contribution in [0.3, 0.4) is 0 Å².